The van der Waals surface area contributed by atoms with Crippen molar-refractivity contribution in [2.24, 2.45) is 17.8 Å². The smallest absolute Gasteiger partial charge is 0.311 e. The molecule has 0 saturated heterocycles. The van der Waals surface area contributed by atoms with Crippen LogP contribution >= 0.6 is 0 Å². The van der Waals surface area contributed by atoms with Crippen molar-refractivity contribution in [1.82, 2.24) is 0 Å². The van der Waals surface area contributed by atoms with E-state index < -0.39 is 11.9 Å². The van der Waals surface area contributed by atoms with Gasteiger partial charge >= 0.3 is 11.9 Å². The largest absolute Gasteiger partial charge is 0.487 e. The first kappa shape index (κ1) is 31.2. The van der Waals surface area contributed by atoms with Crippen molar-refractivity contribution in [3.8, 4) is 11.5 Å². The lowest BCUT2D eigenvalue weighted by Gasteiger charge is -2.38. The number of carboxylic acid groups (broad SMARTS) is 1. The summed E-state index contributed by atoms with van der Waals surface area (Å²) >= 11 is 0. The molecule has 1 aromatic rings. The molecule has 1 aliphatic rings. The first-order valence-corrected chi connectivity index (χ1v) is 14.6. The fourth-order valence-corrected chi connectivity index (χ4v) is 5.52. The number of carbonyl (C=O) groups is 2. The summed E-state index contributed by atoms with van der Waals surface area (Å²) in [5.41, 5.74) is 2.81. The van der Waals surface area contributed by atoms with Crippen molar-refractivity contribution in [2.45, 2.75) is 138 Å². The summed E-state index contributed by atoms with van der Waals surface area (Å²) in [6.07, 6.45) is 13.1. The summed E-state index contributed by atoms with van der Waals surface area (Å²) in [6.45, 7) is 15.6. The second-order valence-corrected chi connectivity index (χ2v) is 12.4. The van der Waals surface area contributed by atoms with Gasteiger partial charge in [-0.25, -0.2) is 0 Å². The van der Waals surface area contributed by atoms with Crippen LogP contribution < -0.4 is 9.47 Å². The molecule has 1 heterocycles. The van der Waals surface area contributed by atoms with Gasteiger partial charge in [0.05, 0.1) is 12.8 Å². The van der Waals surface area contributed by atoms with E-state index in [9.17, 15) is 9.59 Å². The van der Waals surface area contributed by atoms with Crippen molar-refractivity contribution in [2.75, 3.05) is 0 Å². The Hall–Kier alpha value is -2.04. The number of carbonyl (C=O) groups excluding carboxylic acids is 1. The third-order valence-electron chi connectivity index (χ3n) is 8.10. The van der Waals surface area contributed by atoms with E-state index in [-0.39, 0.29) is 18.4 Å². The molecular weight excluding hydrogens is 464 g/mol. The Morgan fingerprint density at radius 2 is 1.57 bits per heavy atom. The Morgan fingerprint density at radius 3 is 2.16 bits per heavy atom. The highest BCUT2D eigenvalue weighted by Crippen LogP contribution is 2.43. The molecule has 1 N–H and O–H groups in total. The molecule has 0 spiro atoms. The minimum atomic E-state index is -1.00. The van der Waals surface area contributed by atoms with E-state index in [1.807, 2.05) is 19.9 Å². The molecule has 0 amide bonds. The van der Waals surface area contributed by atoms with Gasteiger partial charge in [0.1, 0.15) is 17.1 Å². The van der Waals surface area contributed by atoms with Crippen LogP contribution in [-0.2, 0) is 16.0 Å². The number of hydrogen-bond donors (Lipinski definition) is 1. The van der Waals surface area contributed by atoms with Crippen LogP contribution in [0, 0.1) is 31.6 Å². The number of fused-ring (bicyclic) bond motifs is 1. The number of rotatable bonds is 16. The van der Waals surface area contributed by atoms with Crippen molar-refractivity contribution in [3.05, 3.63) is 22.8 Å². The van der Waals surface area contributed by atoms with Crippen LogP contribution in [0.2, 0.25) is 0 Å². The minimum absolute atomic E-state index is 0.130. The van der Waals surface area contributed by atoms with Gasteiger partial charge in [0.25, 0.3) is 0 Å². The molecule has 1 aliphatic heterocycles. The molecule has 5 heteroatoms. The van der Waals surface area contributed by atoms with Crippen molar-refractivity contribution in [3.63, 3.8) is 0 Å². The zero-order chi connectivity index (χ0) is 27.6. The van der Waals surface area contributed by atoms with Crippen molar-refractivity contribution >= 4 is 11.9 Å². The van der Waals surface area contributed by atoms with Gasteiger partial charge in [0, 0.05) is 5.56 Å². The first-order valence-electron chi connectivity index (χ1n) is 14.6. The summed E-state index contributed by atoms with van der Waals surface area (Å²) in [5, 5.41) is 8.80. The SMILES string of the molecule is Cc1cc(OC(=O)CCC(=O)O)c(C)c2c1O[C@](C)(CCC[C@H](C)CCC[C@H](C)CCCC(C)C)CC2. The average molecular weight is 517 g/mol. The highest BCUT2D eigenvalue weighted by molar-refractivity contribution is 5.78. The molecule has 0 fully saturated rings. The van der Waals surface area contributed by atoms with E-state index in [0.29, 0.717) is 5.75 Å². The highest BCUT2D eigenvalue weighted by atomic mass is 16.5. The fourth-order valence-electron chi connectivity index (χ4n) is 5.52. The summed E-state index contributed by atoms with van der Waals surface area (Å²) in [5.74, 6) is 2.35. The van der Waals surface area contributed by atoms with E-state index in [1.54, 1.807) is 0 Å². The zero-order valence-corrected chi connectivity index (χ0v) is 24.6. The number of aryl methyl sites for hydroxylation is 1. The third-order valence-corrected chi connectivity index (χ3v) is 8.10. The molecular formula is C32H52O5. The average Bonchev–Trinajstić information content (AvgIpc) is 2.80. The molecule has 0 unspecified atom stereocenters. The van der Waals surface area contributed by atoms with E-state index in [2.05, 4.69) is 34.6 Å². The van der Waals surface area contributed by atoms with Gasteiger partial charge in [-0.2, -0.15) is 0 Å². The predicted molar refractivity (Wildman–Crippen MR) is 150 cm³/mol. The van der Waals surface area contributed by atoms with E-state index in [4.69, 9.17) is 14.6 Å². The molecule has 37 heavy (non-hydrogen) atoms. The third kappa shape index (κ3) is 10.7. The number of esters is 1. The lowest BCUT2D eigenvalue weighted by molar-refractivity contribution is -0.142. The van der Waals surface area contributed by atoms with Crippen molar-refractivity contribution < 1.29 is 24.2 Å². The number of carboxylic acids is 1. The lowest BCUT2D eigenvalue weighted by atomic mass is 9.84. The fraction of sp³-hybridized carbons (Fsp3) is 0.750. The van der Waals surface area contributed by atoms with Gasteiger partial charge in [-0.15, -0.1) is 0 Å². The quantitative estimate of drug-likeness (QED) is 0.176. The second-order valence-electron chi connectivity index (χ2n) is 12.4. The van der Waals surface area contributed by atoms with Crippen LogP contribution in [0.5, 0.6) is 11.5 Å². The number of hydrogen-bond acceptors (Lipinski definition) is 4. The summed E-state index contributed by atoms with van der Waals surface area (Å²) < 4.78 is 12.1. The molecule has 0 radical (unpaired) electrons. The van der Waals surface area contributed by atoms with Gasteiger partial charge in [0.15, 0.2) is 0 Å². The van der Waals surface area contributed by atoms with Gasteiger partial charge in [0.2, 0.25) is 0 Å². The highest BCUT2D eigenvalue weighted by Gasteiger charge is 2.34. The van der Waals surface area contributed by atoms with Gasteiger partial charge in [-0.1, -0.05) is 72.6 Å². The van der Waals surface area contributed by atoms with E-state index >= 15 is 0 Å². The topological polar surface area (TPSA) is 72.8 Å². The van der Waals surface area contributed by atoms with E-state index in [0.717, 1.165) is 59.5 Å². The summed E-state index contributed by atoms with van der Waals surface area (Å²) in [4.78, 5) is 22.8. The lowest BCUT2D eigenvalue weighted by Crippen LogP contribution is -2.37. The summed E-state index contributed by atoms with van der Waals surface area (Å²) in [6, 6.07) is 1.85. The Morgan fingerprint density at radius 1 is 0.973 bits per heavy atom. The van der Waals surface area contributed by atoms with Crippen LogP contribution in [0.4, 0.5) is 0 Å². The molecule has 5 nitrogen and oxygen atoms in total. The van der Waals surface area contributed by atoms with Crippen LogP contribution in [0.3, 0.4) is 0 Å². The van der Waals surface area contributed by atoms with E-state index in [1.165, 1.54) is 51.4 Å². The van der Waals surface area contributed by atoms with Crippen molar-refractivity contribution in [1.29, 1.82) is 0 Å². The number of benzene rings is 1. The maximum atomic E-state index is 12.1. The maximum absolute atomic E-state index is 12.1. The molecule has 0 saturated carbocycles. The zero-order valence-electron chi connectivity index (χ0n) is 24.6. The number of ether oxygens (including phenoxy) is 2. The number of aliphatic carboxylic acids is 1. The summed E-state index contributed by atoms with van der Waals surface area (Å²) in [7, 11) is 0. The minimum Gasteiger partial charge on any atom is -0.487 e. The Bertz CT molecular complexity index is 890. The van der Waals surface area contributed by atoms with Gasteiger partial charge in [-0.05, 0) is 81.4 Å². The van der Waals surface area contributed by atoms with Crippen LogP contribution in [-0.4, -0.2) is 22.6 Å². The molecule has 3 atom stereocenters. The van der Waals surface area contributed by atoms with Crippen LogP contribution in [0.1, 0.15) is 128 Å². The van der Waals surface area contributed by atoms with Gasteiger partial charge in [-0.3, -0.25) is 9.59 Å². The predicted octanol–water partition coefficient (Wildman–Crippen LogP) is 8.60. The normalized spacial score (nSPS) is 18.7. The van der Waals surface area contributed by atoms with Gasteiger partial charge < -0.3 is 14.6 Å². The second kappa shape index (κ2) is 14.8. The Labute approximate surface area is 225 Å². The Balaban J connectivity index is 1.81. The van der Waals surface area contributed by atoms with Crippen LogP contribution in [0.25, 0.3) is 0 Å². The molecule has 1 aromatic carbocycles. The standard InChI is InChI=1S/C32H52O5/c1-22(2)11-8-12-23(3)13-9-14-24(4)15-10-19-32(7)20-18-27-26(6)28(21-25(5)31(27)37-32)36-30(35)17-16-29(33)34/h21-24H,8-20H2,1-7H3,(H,33,34)/t23-,24-,32-/m1/s1. The molecule has 0 aromatic heterocycles. The Kier molecular flexibility index (Phi) is 12.5. The van der Waals surface area contributed by atoms with Crippen LogP contribution in [0.15, 0.2) is 6.07 Å². The molecule has 2 rings (SSSR count). The molecule has 210 valence electrons. The molecule has 0 aliphatic carbocycles. The molecule has 0 bridgehead atoms. The first-order chi connectivity index (χ1) is 17.4. The monoisotopic (exact) mass is 516 g/mol. The maximum Gasteiger partial charge on any atom is 0.311 e.